The number of aromatic nitrogens is 4. The highest BCUT2D eigenvalue weighted by molar-refractivity contribution is 7.10. The monoisotopic (exact) mass is 197 g/mol. The smallest absolute Gasteiger partial charge is 0.340 e. The normalized spacial score (nSPS) is 10.5. The number of nitrogens with zero attached hydrogens (tertiary/aromatic N) is 2. The van der Waals surface area contributed by atoms with Crippen molar-refractivity contribution in [2.24, 2.45) is 0 Å². The molecule has 0 aliphatic rings. The third-order valence-corrected chi connectivity index (χ3v) is 2.39. The molecule has 0 fully saturated rings. The van der Waals surface area contributed by atoms with Crippen LogP contribution in [0, 0.1) is 6.92 Å². The first-order valence-corrected chi connectivity index (χ1v) is 4.32. The van der Waals surface area contributed by atoms with Crippen LogP contribution < -0.4 is 11.4 Å². The Morgan fingerprint density at radius 2 is 2.31 bits per heavy atom. The van der Waals surface area contributed by atoms with Gasteiger partial charge in [0, 0.05) is 0 Å². The minimum atomic E-state index is -0.347. The highest BCUT2D eigenvalue weighted by Crippen LogP contribution is 2.28. The molecule has 2 aromatic rings. The molecule has 6 nitrogen and oxygen atoms in total. The molecule has 0 atom stereocenters. The van der Waals surface area contributed by atoms with Crippen molar-refractivity contribution in [1.82, 2.24) is 19.6 Å². The van der Waals surface area contributed by atoms with Gasteiger partial charge < -0.3 is 5.73 Å². The van der Waals surface area contributed by atoms with Crippen molar-refractivity contribution >= 4 is 16.5 Å². The summed E-state index contributed by atoms with van der Waals surface area (Å²) in [5.74, 6) is 0.439. The molecular formula is C6H7N5OS. The molecule has 13 heavy (non-hydrogen) atoms. The number of H-pyrrole nitrogens is 2. The van der Waals surface area contributed by atoms with Gasteiger partial charge in [-0.1, -0.05) is 0 Å². The van der Waals surface area contributed by atoms with Gasteiger partial charge >= 0.3 is 5.69 Å². The van der Waals surface area contributed by atoms with Gasteiger partial charge in [-0.15, -0.1) is 0 Å². The maximum Gasteiger partial charge on any atom is 0.340 e. The van der Waals surface area contributed by atoms with Gasteiger partial charge in [-0.05, 0) is 18.5 Å². The second kappa shape index (κ2) is 2.70. The first-order valence-electron chi connectivity index (χ1n) is 3.55. The molecule has 0 radical (unpaired) electrons. The van der Waals surface area contributed by atoms with Gasteiger partial charge in [0.2, 0.25) is 0 Å². The Kier molecular flexibility index (Phi) is 1.66. The molecule has 0 bridgehead atoms. The zero-order valence-corrected chi connectivity index (χ0v) is 7.60. The predicted molar refractivity (Wildman–Crippen MR) is 49.5 cm³/mol. The molecule has 4 N–H and O–H groups in total. The van der Waals surface area contributed by atoms with Crippen LogP contribution in [0.3, 0.4) is 0 Å². The maximum atomic E-state index is 10.8. The molecule has 0 aliphatic heterocycles. The molecule has 0 unspecified atom stereocenters. The third-order valence-electron chi connectivity index (χ3n) is 1.63. The fraction of sp³-hybridized carbons (Fsp3) is 0.167. The van der Waals surface area contributed by atoms with E-state index in [1.807, 2.05) is 6.92 Å². The molecule has 0 spiro atoms. The van der Waals surface area contributed by atoms with Crippen molar-refractivity contribution in [3.8, 4) is 11.4 Å². The van der Waals surface area contributed by atoms with Crippen molar-refractivity contribution in [2.45, 2.75) is 6.92 Å². The van der Waals surface area contributed by atoms with Crippen LogP contribution in [0.1, 0.15) is 5.69 Å². The van der Waals surface area contributed by atoms with E-state index in [0.29, 0.717) is 16.4 Å². The van der Waals surface area contributed by atoms with Gasteiger partial charge in [0.05, 0.1) is 11.3 Å². The summed E-state index contributed by atoms with van der Waals surface area (Å²) in [6, 6.07) is 0. The Hall–Kier alpha value is -1.63. The predicted octanol–water partition coefficient (Wildman–Crippen LogP) is 0.112. The van der Waals surface area contributed by atoms with Crippen molar-refractivity contribution < 1.29 is 0 Å². The fourth-order valence-electron chi connectivity index (χ4n) is 1.06. The van der Waals surface area contributed by atoms with Gasteiger partial charge in [-0.2, -0.15) is 9.47 Å². The molecule has 68 valence electrons. The SMILES string of the molecule is Cc1nsc(N)c1-c1n[nH]c(=O)[nH]1. The lowest BCUT2D eigenvalue weighted by Gasteiger charge is -1.92. The van der Waals surface area contributed by atoms with E-state index in [0.717, 1.165) is 5.69 Å². The zero-order valence-electron chi connectivity index (χ0n) is 6.79. The molecule has 2 rings (SSSR count). The summed E-state index contributed by atoms with van der Waals surface area (Å²) in [5, 5.41) is 6.60. The molecule has 0 saturated carbocycles. The van der Waals surface area contributed by atoms with E-state index in [9.17, 15) is 4.79 Å². The number of nitrogen functional groups attached to an aromatic ring is 1. The van der Waals surface area contributed by atoms with E-state index in [1.54, 1.807) is 0 Å². The number of anilines is 1. The first-order chi connectivity index (χ1) is 6.18. The Bertz CT molecular complexity index is 462. The summed E-state index contributed by atoms with van der Waals surface area (Å²) in [5.41, 5.74) is 6.78. The average Bonchev–Trinajstić information content (AvgIpc) is 2.60. The van der Waals surface area contributed by atoms with Crippen LogP contribution in [0.4, 0.5) is 5.00 Å². The lowest BCUT2D eigenvalue weighted by Crippen LogP contribution is -2.00. The second-order valence-corrected chi connectivity index (χ2v) is 3.34. The van der Waals surface area contributed by atoms with Crippen LogP contribution >= 0.6 is 11.5 Å². The second-order valence-electron chi connectivity index (χ2n) is 2.53. The summed E-state index contributed by atoms with van der Waals surface area (Å²) in [6.07, 6.45) is 0. The van der Waals surface area contributed by atoms with Crippen molar-refractivity contribution in [3.05, 3.63) is 16.2 Å². The topological polar surface area (TPSA) is 100 Å². The van der Waals surface area contributed by atoms with Gasteiger partial charge in [-0.3, -0.25) is 4.98 Å². The lowest BCUT2D eigenvalue weighted by atomic mass is 10.2. The Morgan fingerprint density at radius 3 is 2.77 bits per heavy atom. The molecule has 0 aromatic carbocycles. The molecular weight excluding hydrogens is 190 g/mol. The van der Waals surface area contributed by atoms with Gasteiger partial charge in [0.1, 0.15) is 5.00 Å². The minimum absolute atomic E-state index is 0.347. The Labute approximate surface area is 77.0 Å². The van der Waals surface area contributed by atoms with Gasteiger partial charge in [-0.25, -0.2) is 9.89 Å². The number of rotatable bonds is 1. The van der Waals surface area contributed by atoms with Crippen LogP contribution in [-0.2, 0) is 0 Å². The first kappa shape index (κ1) is 7.99. The molecule has 2 aromatic heterocycles. The fourth-order valence-corrected chi connectivity index (χ4v) is 1.73. The van der Waals surface area contributed by atoms with Gasteiger partial charge in [0.25, 0.3) is 0 Å². The van der Waals surface area contributed by atoms with Crippen LogP contribution in [0.15, 0.2) is 4.79 Å². The molecule has 0 saturated heterocycles. The molecule has 0 amide bonds. The van der Waals surface area contributed by atoms with E-state index in [4.69, 9.17) is 5.73 Å². The maximum absolute atomic E-state index is 10.8. The number of hydrogen-bond donors (Lipinski definition) is 3. The van der Waals surface area contributed by atoms with Crippen molar-refractivity contribution in [2.75, 3.05) is 5.73 Å². The molecule has 2 heterocycles. The number of aryl methyl sites for hydroxylation is 1. The summed E-state index contributed by atoms with van der Waals surface area (Å²) < 4.78 is 4.04. The lowest BCUT2D eigenvalue weighted by molar-refractivity contribution is 1.05. The number of hydrogen-bond acceptors (Lipinski definition) is 5. The average molecular weight is 197 g/mol. The molecule has 0 aliphatic carbocycles. The quantitative estimate of drug-likeness (QED) is 0.604. The minimum Gasteiger partial charge on any atom is -0.389 e. The summed E-state index contributed by atoms with van der Waals surface area (Å²) in [4.78, 5) is 13.3. The third kappa shape index (κ3) is 1.22. The van der Waals surface area contributed by atoms with Crippen LogP contribution in [0.5, 0.6) is 0 Å². The van der Waals surface area contributed by atoms with Crippen molar-refractivity contribution in [3.63, 3.8) is 0 Å². The van der Waals surface area contributed by atoms with Crippen LogP contribution in [0.2, 0.25) is 0 Å². The number of nitrogens with one attached hydrogen (secondary N) is 2. The summed E-state index contributed by atoms with van der Waals surface area (Å²) >= 11 is 1.19. The van der Waals surface area contributed by atoms with E-state index in [1.165, 1.54) is 11.5 Å². The van der Waals surface area contributed by atoms with E-state index < -0.39 is 0 Å². The summed E-state index contributed by atoms with van der Waals surface area (Å²) in [7, 11) is 0. The molecule has 7 heteroatoms. The van der Waals surface area contributed by atoms with E-state index in [-0.39, 0.29) is 5.69 Å². The van der Waals surface area contributed by atoms with E-state index >= 15 is 0 Å². The summed E-state index contributed by atoms with van der Waals surface area (Å²) in [6.45, 7) is 1.81. The van der Waals surface area contributed by atoms with Crippen molar-refractivity contribution in [1.29, 1.82) is 0 Å². The zero-order chi connectivity index (χ0) is 9.42. The van der Waals surface area contributed by atoms with Crippen LogP contribution in [-0.4, -0.2) is 19.6 Å². The Morgan fingerprint density at radius 1 is 1.54 bits per heavy atom. The number of nitrogens with two attached hydrogens (primary N) is 1. The van der Waals surface area contributed by atoms with Gasteiger partial charge in [0.15, 0.2) is 5.82 Å². The Balaban J connectivity index is 2.64. The largest absolute Gasteiger partial charge is 0.389 e. The highest BCUT2D eigenvalue weighted by atomic mass is 32.1. The standard InChI is InChI=1S/C6H7N5OS/c1-2-3(4(7)13-11-2)5-8-6(12)10-9-5/h7H2,1H3,(H2,8,9,10,12). The van der Waals surface area contributed by atoms with Crippen LogP contribution in [0.25, 0.3) is 11.4 Å². The highest BCUT2D eigenvalue weighted by Gasteiger charge is 2.12. The number of aromatic amines is 2. The van der Waals surface area contributed by atoms with E-state index in [2.05, 4.69) is 19.6 Å².